The molecule has 3 aromatic heterocycles. The Balaban J connectivity index is 1.34. The number of amides is 1. The molecule has 9 nitrogen and oxygen atoms in total. The summed E-state index contributed by atoms with van der Waals surface area (Å²) in [5.74, 6) is 1.52. The molecule has 0 saturated carbocycles. The molecule has 4 aromatic rings. The third-order valence-corrected chi connectivity index (χ3v) is 5.82. The summed E-state index contributed by atoms with van der Waals surface area (Å²) in [6.07, 6.45) is 4.89. The van der Waals surface area contributed by atoms with Gasteiger partial charge in [-0.2, -0.15) is 4.52 Å². The van der Waals surface area contributed by atoms with Gasteiger partial charge in [0.25, 0.3) is 0 Å². The smallest absolute Gasteiger partial charge is 0.223 e. The Bertz CT molecular complexity index is 1250. The molecule has 9 heteroatoms. The molecule has 0 aliphatic carbocycles. The molecule has 1 fully saturated rings. The van der Waals surface area contributed by atoms with E-state index in [4.69, 9.17) is 15.9 Å². The number of rotatable bonds is 7. The standard InChI is InChI=1S/C23H25N7O2/c24-17(7-2-10-29-11-3-9-21(29)31)15-5-1-6-16(13-15)18-14-20-27-22(19-8-4-12-32-19)28-30(20)23(25)26-18/h1,4-6,8,12-14,17H,2-3,7,9-11,24H2,(H2,25,26). The van der Waals surface area contributed by atoms with Crippen molar-refractivity contribution in [3.8, 4) is 22.8 Å². The SMILES string of the molecule is Nc1nc(-c2cccc(C(N)CCCN3CCCC3=O)c2)cc2nc(-c3ccco3)nn12. The molecule has 0 bridgehead atoms. The van der Waals surface area contributed by atoms with Crippen LogP contribution in [-0.2, 0) is 4.79 Å². The van der Waals surface area contributed by atoms with Gasteiger partial charge >= 0.3 is 0 Å². The van der Waals surface area contributed by atoms with Crippen LogP contribution in [0.4, 0.5) is 5.95 Å². The van der Waals surface area contributed by atoms with E-state index in [0.717, 1.165) is 43.5 Å². The average molecular weight is 432 g/mol. The number of nitrogens with two attached hydrogens (primary N) is 2. The molecule has 32 heavy (non-hydrogen) atoms. The molecule has 1 unspecified atom stereocenters. The highest BCUT2D eigenvalue weighted by atomic mass is 16.3. The van der Waals surface area contributed by atoms with E-state index in [1.807, 2.05) is 35.2 Å². The van der Waals surface area contributed by atoms with Crippen LogP contribution in [0.15, 0.2) is 53.1 Å². The summed E-state index contributed by atoms with van der Waals surface area (Å²) in [7, 11) is 0. The summed E-state index contributed by atoms with van der Waals surface area (Å²) in [5, 5.41) is 4.38. The Morgan fingerprint density at radius 3 is 2.84 bits per heavy atom. The van der Waals surface area contributed by atoms with E-state index < -0.39 is 0 Å². The number of carbonyl (C=O) groups is 1. The van der Waals surface area contributed by atoms with Gasteiger partial charge in [-0.1, -0.05) is 18.2 Å². The lowest BCUT2D eigenvalue weighted by Crippen LogP contribution is -2.26. The van der Waals surface area contributed by atoms with Crippen LogP contribution in [-0.4, -0.2) is 43.5 Å². The minimum atomic E-state index is -0.118. The maximum Gasteiger partial charge on any atom is 0.223 e. The maximum absolute atomic E-state index is 11.8. The van der Waals surface area contributed by atoms with Gasteiger partial charge in [0.2, 0.25) is 17.7 Å². The molecule has 1 aromatic carbocycles. The molecule has 4 N–H and O–H groups in total. The van der Waals surface area contributed by atoms with Crippen LogP contribution in [0.2, 0.25) is 0 Å². The van der Waals surface area contributed by atoms with Crippen molar-refractivity contribution >= 4 is 17.5 Å². The lowest BCUT2D eigenvalue weighted by molar-refractivity contribution is -0.127. The largest absolute Gasteiger partial charge is 0.461 e. The zero-order valence-electron chi connectivity index (χ0n) is 17.6. The number of aromatic nitrogens is 4. The minimum Gasteiger partial charge on any atom is -0.461 e. The molecular weight excluding hydrogens is 406 g/mol. The normalized spacial score (nSPS) is 15.0. The first-order valence-corrected chi connectivity index (χ1v) is 10.8. The van der Waals surface area contributed by atoms with Crippen LogP contribution >= 0.6 is 0 Å². The van der Waals surface area contributed by atoms with Crippen LogP contribution in [0, 0.1) is 0 Å². The Labute approximate surface area is 185 Å². The van der Waals surface area contributed by atoms with Crippen molar-refractivity contribution in [2.75, 3.05) is 18.8 Å². The summed E-state index contributed by atoms with van der Waals surface area (Å²) in [4.78, 5) is 22.7. The summed E-state index contributed by atoms with van der Waals surface area (Å²) in [6, 6.07) is 13.3. The van der Waals surface area contributed by atoms with Crippen LogP contribution < -0.4 is 11.5 Å². The van der Waals surface area contributed by atoms with Gasteiger partial charge in [-0.3, -0.25) is 4.79 Å². The number of nitrogens with zero attached hydrogens (tertiary/aromatic N) is 5. The molecule has 1 saturated heterocycles. The molecule has 0 radical (unpaired) electrons. The van der Waals surface area contributed by atoms with Crippen molar-refractivity contribution in [1.29, 1.82) is 0 Å². The van der Waals surface area contributed by atoms with Crippen molar-refractivity contribution in [3.05, 3.63) is 54.3 Å². The number of hydrogen-bond donors (Lipinski definition) is 2. The first kappa shape index (κ1) is 20.2. The van der Waals surface area contributed by atoms with Gasteiger partial charge in [-0.05, 0) is 43.0 Å². The summed E-state index contributed by atoms with van der Waals surface area (Å²) >= 11 is 0. The Kier molecular flexibility index (Phi) is 5.32. The van der Waals surface area contributed by atoms with E-state index in [9.17, 15) is 4.79 Å². The van der Waals surface area contributed by atoms with Gasteiger partial charge in [0.15, 0.2) is 11.4 Å². The molecule has 1 amide bonds. The highest BCUT2D eigenvalue weighted by molar-refractivity contribution is 5.78. The number of carbonyl (C=O) groups excluding carboxylic acids is 1. The maximum atomic E-state index is 11.8. The van der Waals surface area contributed by atoms with Crippen molar-refractivity contribution in [2.45, 2.75) is 31.7 Å². The first-order chi connectivity index (χ1) is 15.6. The number of anilines is 1. The van der Waals surface area contributed by atoms with Crippen molar-refractivity contribution in [1.82, 2.24) is 24.5 Å². The second kappa shape index (κ2) is 8.43. The van der Waals surface area contributed by atoms with E-state index in [1.54, 1.807) is 18.4 Å². The predicted molar refractivity (Wildman–Crippen MR) is 120 cm³/mol. The fraction of sp³-hybridized carbons (Fsp3) is 0.304. The summed E-state index contributed by atoms with van der Waals surface area (Å²) in [6.45, 7) is 1.63. The topological polar surface area (TPSA) is 129 Å². The van der Waals surface area contributed by atoms with E-state index >= 15 is 0 Å². The molecule has 1 atom stereocenters. The number of furan rings is 1. The second-order valence-corrected chi connectivity index (χ2v) is 8.04. The van der Waals surface area contributed by atoms with Gasteiger partial charge in [-0.25, -0.2) is 9.97 Å². The molecular formula is C23H25N7O2. The lowest BCUT2D eigenvalue weighted by atomic mass is 9.99. The van der Waals surface area contributed by atoms with Gasteiger partial charge < -0.3 is 20.8 Å². The van der Waals surface area contributed by atoms with Gasteiger partial charge in [-0.15, -0.1) is 5.10 Å². The highest BCUT2D eigenvalue weighted by Gasteiger charge is 2.20. The minimum absolute atomic E-state index is 0.118. The Morgan fingerprint density at radius 1 is 1.16 bits per heavy atom. The van der Waals surface area contributed by atoms with Crippen molar-refractivity contribution < 1.29 is 9.21 Å². The van der Waals surface area contributed by atoms with E-state index in [1.165, 1.54) is 4.52 Å². The average Bonchev–Trinajstić information content (AvgIpc) is 3.55. The fourth-order valence-electron chi connectivity index (χ4n) is 4.11. The Hall–Kier alpha value is -3.72. The first-order valence-electron chi connectivity index (χ1n) is 10.8. The van der Waals surface area contributed by atoms with Crippen LogP contribution in [0.25, 0.3) is 28.5 Å². The molecule has 5 rings (SSSR count). The van der Waals surface area contributed by atoms with E-state index in [2.05, 4.69) is 15.1 Å². The molecule has 4 heterocycles. The second-order valence-electron chi connectivity index (χ2n) is 8.04. The van der Waals surface area contributed by atoms with E-state index in [-0.39, 0.29) is 17.9 Å². The zero-order chi connectivity index (χ0) is 22.1. The van der Waals surface area contributed by atoms with Gasteiger partial charge in [0, 0.05) is 37.2 Å². The molecule has 1 aliphatic rings. The number of likely N-dealkylation sites (tertiary alicyclic amines) is 1. The predicted octanol–water partition coefficient (Wildman–Crippen LogP) is 3.04. The van der Waals surface area contributed by atoms with Gasteiger partial charge in [0.05, 0.1) is 12.0 Å². The highest BCUT2D eigenvalue weighted by Crippen LogP contribution is 2.26. The quantitative estimate of drug-likeness (QED) is 0.460. The third-order valence-electron chi connectivity index (χ3n) is 5.82. The molecule has 0 spiro atoms. The van der Waals surface area contributed by atoms with E-state index in [0.29, 0.717) is 29.3 Å². The monoisotopic (exact) mass is 431 g/mol. The Morgan fingerprint density at radius 2 is 2.06 bits per heavy atom. The summed E-state index contributed by atoms with van der Waals surface area (Å²) < 4.78 is 6.88. The number of fused-ring (bicyclic) bond motifs is 1. The third kappa shape index (κ3) is 3.94. The van der Waals surface area contributed by atoms with Crippen molar-refractivity contribution in [3.63, 3.8) is 0 Å². The number of benzene rings is 1. The summed E-state index contributed by atoms with van der Waals surface area (Å²) in [5.41, 5.74) is 15.8. The number of nitrogen functional groups attached to an aromatic ring is 1. The van der Waals surface area contributed by atoms with Gasteiger partial charge in [0.1, 0.15) is 0 Å². The van der Waals surface area contributed by atoms with Crippen LogP contribution in [0.3, 0.4) is 0 Å². The zero-order valence-corrected chi connectivity index (χ0v) is 17.6. The molecule has 164 valence electrons. The number of hydrogen-bond acceptors (Lipinski definition) is 7. The molecule has 1 aliphatic heterocycles. The van der Waals surface area contributed by atoms with Crippen molar-refractivity contribution in [2.24, 2.45) is 5.73 Å². The van der Waals surface area contributed by atoms with Crippen LogP contribution in [0.5, 0.6) is 0 Å². The lowest BCUT2D eigenvalue weighted by Gasteiger charge is -2.18. The van der Waals surface area contributed by atoms with Crippen LogP contribution in [0.1, 0.15) is 37.3 Å². The fourth-order valence-corrected chi connectivity index (χ4v) is 4.11.